The molecule has 2 unspecified atom stereocenters. The first-order chi connectivity index (χ1) is 15.6. The molecular weight excluding hydrogens is 398 g/mol. The largest absolute Gasteiger partial charge is 0.378 e. The fraction of sp³-hybridized carbons (Fsp3) is 0.423. The van der Waals surface area contributed by atoms with E-state index in [1.165, 1.54) is 16.8 Å². The number of morpholine rings is 1. The van der Waals surface area contributed by atoms with Crippen molar-refractivity contribution < 1.29 is 4.74 Å². The summed E-state index contributed by atoms with van der Waals surface area (Å²) in [7, 11) is 4.34. The maximum absolute atomic E-state index is 5.51. The summed E-state index contributed by atoms with van der Waals surface area (Å²) in [5.74, 6) is 0.815. The summed E-state index contributed by atoms with van der Waals surface area (Å²) >= 11 is 0. The molecule has 0 radical (unpaired) electrons. The summed E-state index contributed by atoms with van der Waals surface area (Å²) in [4.78, 5) is 18.1. The molecule has 6 nitrogen and oxygen atoms in total. The lowest BCUT2D eigenvalue weighted by Gasteiger charge is -2.45. The summed E-state index contributed by atoms with van der Waals surface area (Å²) in [5.41, 5.74) is 3.58. The van der Waals surface area contributed by atoms with Gasteiger partial charge in [0.15, 0.2) is 0 Å². The Hall–Kier alpha value is -2.83. The van der Waals surface area contributed by atoms with Crippen molar-refractivity contribution in [3.63, 3.8) is 0 Å². The summed E-state index contributed by atoms with van der Waals surface area (Å²) in [6.07, 6.45) is 5.07. The summed E-state index contributed by atoms with van der Waals surface area (Å²) in [5, 5.41) is 0. The minimum Gasteiger partial charge on any atom is -0.378 e. The smallest absolute Gasteiger partial charge is 0.141 e. The molecule has 1 aliphatic rings. The summed E-state index contributed by atoms with van der Waals surface area (Å²) in [6.45, 7) is 5.69. The van der Waals surface area contributed by atoms with Gasteiger partial charge < -0.3 is 14.5 Å². The third-order valence-electron chi connectivity index (χ3n) is 6.77. The topological polar surface area (TPSA) is 54.4 Å². The van der Waals surface area contributed by atoms with E-state index in [0.717, 1.165) is 45.0 Å². The monoisotopic (exact) mass is 431 g/mol. The van der Waals surface area contributed by atoms with E-state index in [-0.39, 0.29) is 11.5 Å². The minimum atomic E-state index is -0.191. The third kappa shape index (κ3) is 4.66. The van der Waals surface area contributed by atoms with Crippen molar-refractivity contribution in [2.75, 3.05) is 45.3 Å². The van der Waals surface area contributed by atoms with E-state index in [4.69, 9.17) is 4.74 Å². The minimum absolute atomic E-state index is 0.00412. The number of aromatic nitrogens is 3. The highest BCUT2D eigenvalue weighted by molar-refractivity contribution is 5.49. The zero-order valence-electron chi connectivity index (χ0n) is 19.3. The van der Waals surface area contributed by atoms with Gasteiger partial charge in [-0.3, -0.25) is 0 Å². The first kappa shape index (κ1) is 22.4. The summed E-state index contributed by atoms with van der Waals surface area (Å²) in [6, 6.07) is 19.7. The van der Waals surface area contributed by atoms with Crippen LogP contribution in [0.3, 0.4) is 0 Å². The molecule has 1 aliphatic heterocycles. The van der Waals surface area contributed by atoms with Gasteiger partial charge in [-0.25, -0.2) is 15.0 Å². The Kier molecular flexibility index (Phi) is 7.12. The van der Waals surface area contributed by atoms with E-state index in [1.54, 1.807) is 12.7 Å². The predicted octanol–water partition coefficient (Wildman–Crippen LogP) is 3.79. The van der Waals surface area contributed by atoms with Crippen LogP contribution in [0.15, 0.2) is 67.3 Å². The summed E-state index contributed by atoms with van der Waals surface area (Å²) < 4.78 is 5.51. The normalized spacial score (nSPS) is 17.2. The number of nitrogens with zero attached hydrogens (tertiary/aromatic N) is 5. The molecule has 6 heteroatoms. The van der Waals surface area contributed by atoms with Crippen LogP contribution in [0.2, 0.25) is 0 Å². The van der Waals surface area contributed by atoms with E-state index in [1.807, 2.05) is 0 Å². The van der Waals surface area contributed by atoms with Gasteiger partial charge in [-0.2, -0.15) is 0 Å². The number of anilines is 1. The zero-order chi connectivity index (χ0) is 22.4. The van der Waals surface area contributed by atoms with Gasteiger partial charge in [-0.15, -0.1) is 0 Å². The molecule has 1 aromatic heterocycles. The van der Waals surface area contributed by atoms with Crippen LogP contribution in [0.4, 0.5) is 5.69 Å². The SMILES string of the molecule is CCC(Cc1ccccc1)(C(c1ccc(N2CCOCC2)cc1)c1ncncn1)N(C)C. The highest BCUT2D eigenvalue weighted by Crippen LogP contribution is 2.41. The van der Waals surface area contributed by atoms with Gasteiger partial charge in [0.05, 0.1) is 19.1 Å². The van der Waals surface area contributed by atoms with Gasteiger partial charge in [0.2, 0.25) is 0 Å². The van der Waals surface area contributed by atoms with Crippen molar-refractivity contribution in [1.29, 1.82) is 0 Å². The lowest BCUT2D eigenvalue weighted by atomic mass is 9.72. The average molecular weight is 432 g/mol. The molecule has 0 amide bonds. The highest BCUT2D eigenvalue weighted by Gasteiger charge is 2.43. The Morgan fingerprint density at radius 1 is 0.969 bits per heavy atom. The van der Waals surface area contributed by atoms with Crippen molar-refractivity contribution in [3.05, 3.63) is 84.2 Å². The number of hydrogen-bond acceptors (Lipinski definition) is 6. The molecule has 4 rings (SSSR count). The molecule has 168 valence electrons. The van der Waals surface area contributed by atoms with E-state index in [2.05, 4.69) is 100 Å². The fourth-order valence-corrected chi connectivity index (χ4v) is 4.91. The maximum Gasteiger partial charge on any atom is 0.141 e. The van der Waals surface area contributed by atoms with E-state index >= 15 is 0 Å². The Bertz CT molecular complexity index is 959. The Morgan fingerprint density at radius 2 is 1.62 bits per heavy atom. The van der Waals surface area contributed by atoms with Crippen LogP contribution in [-0.2, 0) is 11.2 Å². The quantitative estimate of drug-likeness (QED) is 0.541. The van der Waals surface area contributed by atoms with Gasteiger partial charge in [0.1, 0.15) is 18.5 Å². The molecule has 2 atom stereocenters. The fourth-order valence-electron chi connectivity index (χ4n) is 4.91. The van der Waals surface area contributed by atoms with Crippen molar-refractivity contribution in [1.82, 2.24) is 19.9 Å². The van der Waals surface area contributed by atoms with Crippen LogP contribution in [0.25, 0.3) is 0 Å². The number of ether oxygens (including phenoxy) is 1. The number of hydrogen-bond donors (Lipinski definition) is 0. The van der Waals surface area contributed by atoms with Gasteiger partial charge in [0.25, 0.3) is 0 Å². The maximum atomic E-state index is 5.51. The van der Waals surface area contributed by atoms with Gasteiger partial charge >= 0.3 is 0 Å². The van der Waals surface area contributed by atoms with Crippen LogP contribution in [-0.4, -0.2) is 65.8 Å². The van der Waals surface area contributed by atoms with Crippen LogP contribution in [0, 0.1) is 0 Å². The lowest BCUT2D eigenvalue weighted by molar-refractivity contribution is 0.119. The predicted molar refractivity (Wildman–Crippen MR) is 128 cm³/mol. The number of rotatable bonds is 8. The van der Waals surface area contributed by atoms with Crippen LogP contribution >= 0.6 is 0 Å². The van der Waals surface area contributed by atoms with Crippen molar-refractivity contribution in [3.8, 4) is 0 Å². The number of benzene rings is 2. The Labute approximate surface area is 191 Å². The molecule has 2 heterocycles. The number of likely N-dealkylation sites (N-methyl/N-ethyl adjacent to an activating group) is 1. The van der Waals surface area contributed by atoms with E-state index < -0.39 is 0 Å². The molecule has 3 aromatic rings. The molecule has 1 saturated heterocycles. The molecule has 32 heavy (non-hydrogen) atoms. The first-order valence-corrected chi connectivity index (χ1v) is 11.4. The lowest BCUT2D eigenvalue weighted by Crippen LogP contribution is -2.51. The van der Waals surface area contributed by atoms with E-state index in [9.17, 15) is 0 Å². The van der Waals surface area contributed by atoms with Crippen molar-refractivity contribution in [2.24, 2.45) is 0 Å². The zero-order valence-corrected chi connectivity index (χ0v) is 19.3. The second-order valence-electron chi connectivity index (χ2n) is 8.63. The molecular formula is C26H33N5O. The third-order valence-corrected chi connectivity index (χ3v) is 6.77. The Balaban J connectivity index is 1.76. The van der Waals surface area contributed by atoms with Crippen molar-refractivity contribution in [2.45, 2.75) is 31.2 Å². The molecule has 1 fully saturated rings. The van der Waals surface area contributed by atoms with Crippen LogP contribution in [0.1, 0.15) is 36.2 Å². The van der Waals surface area contributed by atoms with Crippen LogP contribution < -0.4 is 4.90 Å². The van der Waals surface area contributed by atoms with Gasteiger partial charge in [-0.1, -0.05) is 49.4 Å². The van der Waals surface area contributed by atoms with Gasteiger partial charge in [0, 0.05) is 24.3 Å². The molecule has 0 bridgehead atoms. The van der Waals surface area contributed by atoms with Crippen LogP contribution in [0.5, 0.6) is 0 Å². The second-order valence-corrected chi connectivity index (χ2v) is 8.63. The molecule has 0 N–H and O–H groups in total. The van der Waals surface area contributed by atoms with Gasteiger partial charge in [-0.05, 0) is 50.2 Å². The molecule has 0 saturated carbocycles. The average Bonchev–Trinajstić information content (AvgIpc) is 2.85. The molecule has 0 aliphatic carbocycles. The van der Waals surface area contributed by atoms with Crippen molar-refractivity contribution >= 4 is 5.69 Å². The first-order valence-electron chi connectivity index (χ1n) is 11.4. The van der Waals surface area contributed by atoms with E-state index in [0.29, 0.717) is 0 Å². The molecule has 2 aromatic carbocycles. The standard InChI is InChI=1S/C26H33N5O/c1-4-26(30(2)3,18-21-8-6-5-7-9-21)24(25-28-19-27-20-29-25)22-10-12-23(13-11-22)31-14-16-32-17-15-31/h5-13,19-20,24H,4,14-18H2,1-3H3. The molecule has 0 spiro atoms. The Morgan fingerprint density at radius 3 is 2.22 bits per heavy atom. The second kappa shape index (κ2) is 10.2. The highest BCUT2D eigenvalue weighted by atomic mass is 16.5.